The van der Waals surface area contributed by atoms with Gasteiger partial charge in [0, 0.05) is 36.6 Å². The van der Waals surface area contributed by atoms with Gasteiger partial charge >= 0.3 is 0 Å². The van der Waals surface area contributed by atoms with Crippen LogP contribution in [-0.2, 0) is 11.2 Å². The number of aromatic nitrogens is 3. The van der Waals surface area contributed by atoms with Crippen molar-refractivity contribution >= 4 is 16.9 Å². The quantitative estimate of drug-likeness (QED) is 0.845. The molecule has 0 aromatic carbocycles. The molecule has 0 bridgehead atoms. The van der Waals surface area contributed by atoms with Crippen molar-refractivity contribution in [2.75, 3.05) is 13.1 Å². The van der Waals surface area contributed by atoms with E-state index in [1.165, 1.54) is 24.0 Å². The molecular formula is C20H30N4O. The van der Waals surface area contributed by atoms with Gasteiger partial charge < -0.3 is 4.90 Å². The van der Waals surface area contributed by atoms with Gasteiger partial charge in [0.05, 0.1) is 6.20 Å². The van der Waals surface area contributed by atoms with Crippen LogP contribution in [0.1, 0.15) is 68.8 Å². The zero-order chi connectivity index (χ0) is 18.0. The average molecular weight is 342 g/mol. The van der Waals surface area contributed by atoms with E-state index in [1.54, 1.807) is 0 Å². The van der Waals surface area contributed by atoms with E-state index in [9.17, 15) is 4.79 Å². The molecule has 0 N–H and O–H groups in total. The number of carbonyl (C=O) groups excluding carboxylic acids is 1. The third-order valence-electron chi connectivity index (χ3n) is 5.37. The Morgan fingerprint density at radius 3 is 2.48 bits per heavy atom. The van der Waals surface area contributed by atoms with E-state index >= 15 is 0 Å². The van der Waals surface area contributed by atoms with Crippen molar-refractivity contribution in [3.8, 4) is 0 Å². The predicted molar refractivity (Wildman–Crippen MR) is 101 cm³/mol. The summed E-state index contributed by atoms with van der Waals surface area (Å²) in [6, 6.07) is 0.291. The first-order valence-corrected chi connectivity index (χ1v) is 9.60. The summed E-state index contributed by atoms with van der Waals surface area (Å²) in [6.45, 7) is 10.3. The summed E-state index contributed by atoms with van der Waals surface area (Å²) in [4.78, 5) is 19.4. The Bertz CT molecular complexity index is 755. The second-order valence-electron chi connectivity index (χ2n) is 7.52. The molecule has 25 heavy (non-hydrogen) atoms. The molecule has 1 aliphatic rings. The Kier molecular flexibility index (Phi) is 5.40. The third kappa shape index (κ3) is 3.70. The van der Waals surface area contributed by atoms with E-state index in [2.05, 4.69) is 37.7 Å². The molecule has 3 heterocycles. The second-order valence-corrected chi connectivity index (χ2v) is 7.52. The molecule has 3 rings (SSSR count). The Balaban J connectivity index is 1.78. The van der Waals surface area contributed by atoms with Crippen molar-refractivity contribution in [2.45, 2.75) is 72.3 Å². The molecule has 1 aliphatic heterocycles. The number of hydrogen-bond donors (Lipinski definition) is 0. The van der Waals surface area contributed by atoms with Crippen molar-refractivity contribution < 1.29 is 4.79 Å². The molecule has 0 spiro atoms. The number of pyridine rings is 1. The lowest BCUT2D eigenvalue weighted by molar-refractivity contribution is -0.131. The summed E-state index contributed by atoms with van der Waals surface area (Å²) >= 11 is 0. The van der Waals surface area contributed by atoms with Crippen LogP contribution in [0, 0.1) is 13.8 Å². The summed E-state index contributed by atoms with van der Waals surface area (Å²) in [6.07, 6.45) is 8.05. The number of hydrogen-bond acceptors (Lipinski definition) is 3. The fourth-order valence-electron chi connectivity index (χ4n) is 3.85. The van der Waals surface area contributed by atoms with E-state index in [0.717, 1.165) is 49.1 Å². The van der Waals surface area contributed by atoms with Crippen LogP contribution in [-0.4, -0.2) is 38.7 Å². The number of aryl methyl sites for hydroxylation is 2. The SMILES string of the molecule is Cc1nc2c(cnn2C(C)C)c(C)c1CCC(=O)N1CCCCCC1. The fraction of sp³-hybridized carbons (Fsp3) is 0.650. The normalized spacial score (nSPS) is 15.8. The molecule has 5 nitrogen and oxygen atoms in total. The van der Waals surface area contributed by atoms with Crippen molar-refractivity contribution in [3.05, 3.63) is 23.0 Å². The summed E-state index contributed by atoms with van der Waals surface area (Å²) < 4.78 is 1.97. The second kappa shape index (κ2) is 7.54. The van der Waals surface area contributed by atoms with Crippen LogP contribution in [0.3, 0.4) is 0 Å². The molecule has 0 aliphatic carbocycles. The fourth-order valence-corrected chi connectivity index (χ4v) is 3.85. The highest BCUT2D eigenvalue weighted by atomic mass is 16.2. The van der Waals surface area contributed by atoms with Gasteiger partial charge in [-0.2, -0.15) is 5.10 Å². The van der Waals surface area contributed by atoms with Gasteiger partial charge in [-0.3, -0.25) is 4.79 Å². The molecule has 1 amide bonds. The minimum atomic E-state index is 0.290. The summed E-state index contributed by atoms with van der Waals surface area (Å²) in [5, 5.41) is 5.60. The van der Waals surface area contributed by atoms with Crippen molar-refractivity contribution in [2.24, 2.45) is 0 Å². The number of fused-ring (bicyclic) bond motifs is 1. The molecule has 1 fully saturated rings. The topological polar surface area (TPSA) is 51.0 Å². The summed E-state index contributed by atoms with van der Waals surface area (Å²) in [7, 11) is 0. The smallest absolute Gasteiger partial charge is 0.222 e. The Morgan fingerprint density at radius 1 is 1.16 bits per heavy atom. The van der Waals surface area contributed by atoms with Crippen LogP contribution in [0.2, 0.25) is 0 Å². The summed E-state index contributed by atoms with van der Waals surface area (Å²) in [5.41, 5.74) is 4.40. The van der Waals surface area contributed by atoms with Gasteiger partial charge in [0.2, 0.25) is 5.91 Å². The number of amides is 1. The van der Waals surface area contributed by atoms with Crippen LogP contribution < -0.4 is 0 Å². The number of rotatable bonds is 4. The van der Waals surface area contributed by atoms with Crippen LogP contribution in [0.5, 0.6) is 0 Å². The molecule has 0 saturated carbocycles. The average Bonchev–Trinajstić information content (AvgIpc) is 2.81. The lowest BCUT2D eigenvalue weighted by Gasteiger charge is -2.20. The van der Waals surface area contributed by atoms with Gasteiger partial charge in [0.25, 0.3) is 0 Å². The standard InChI is InChI=1S/C20H30N4O/c1-14(2)24-20-18(13-21-24)15(3)17(16(4)22-20)9-10-19(25)23-11-7-5-6-8-12-23/h13-14H,5-12H2,1-4H3. The lowest BCUT2D eigenvalue weighted by atomic mass is 10.00. The van der Waals surface area contributed by atoms with Gasteiger partial charge in [0.1, 0.15) is 0 Å². The lowest BCUT2D eigenvalue weighted by Crippen LogP contribution is -2.32. The number of nitrogens with zero attached hydrogens (tertiary/aromatic N) is 4. The zero-order valence-electron chi connectivity index (χ0n) is 16.0. The molecule has 2 aromatic rings. The maximum absolute atomic E-state index is 12.6. The Hall–Kier alpha value is -1.91. The van der Waals surface area contributed by atoms with E-state index in [0.29, 0.717) is 18.4 Å². The molecule has 136 valence electrons. The minimum Gasteiger partial charge on any atom is -0.343 e. The first-order valence-electron chi connectivity index (χ1n) is 9.60. The van der Waals surface area contributed by atoms with Gasteiger partial charge in [-0.05, 0) is 58.1 Å². The van der Waals surface area contributed by atoms with Crippen LogP contribution in [0.4, 0.5) is 0 Å². The molecule has 0 atom stereocenters. The van der Waals surface area contributed by atoms with Crippen LogP contribution in [0.15, 0.2) is 6.20 Å². The highest BCUT2D eigenvalue weighted by Crippen LogP contribution is 2.25. The molecule has 0 unspecified atom stereocenters. The first-order chi connectivity index (χ1) is 12.0. The molecular weight excluding hydrogens is 312 g/mol. The van der Waals surface area contributed by atoms with Crippen LogP contribution >= 0.6 is 0 Å². The van der Waals surface area contributed by atoms with Gasteiger partial charge in [0.15, 0.2) is 5.65 Å². The maximum atomic E-state index is 12.6. The van der Waals surface area contributed by atoms with E-state index < -0.39 is 0 Å². The molecule has 5 heteroatoms. The zero-order valence-corrected chi connectivity index (χ0v) is 16.0. The van der Waals surface area contributed by atoms with Crippen LogP contribution in [0.25, 0.3) is 11.0 Å². The largest absolute Gasteiger partial charge is 0.343 e. The summed E-state index contributed by atoms with van der Waals surface area (Å²) in [5.74, 6) is 0.290. The Labute approximate surface area is 150 Å². The molecule has 1 saturated heterocycles. The molecule has 0 radical (unpaired) electrons. The predicted octanol–water partition coefficient (Wildman–Crippen LogP) is 3.96. The first kappa shape index (κ1) is 17.9. The molecule has 2 aromatic heterocycles. The third-order valence-corrected chi connectivity index (χ3v) is 5.37. The highest BCUT2D eigenvalue weighted by molar-refractivity contribution is 5.81. The van der Waals surface area contributed by atoms with Gasteiger partial charge in [-0.1, -0.05) is 12.8 Å². The van der Waals surface area contributed by atoms with Crippen molar-refractivity contribution in [1.29, 1.82) is 0 Å². The van der Waals surface area contributed by atoms with E-state index in [4.69, 9.17) is 4.98 Å². The number of likely N-dealkylation sites (tertiary alicyclic amines) is 1. The van der Waals surface area contributed by atoms with Gasteiger partial charge in [-0.25, -0.2) is 9.67 Å². The van der Waals surface area contributed by atoms with Gasteiger partial charge in [-0.15, -0.1) is 0 Å². The van der Waals surface area contributed by atoms with Crippen molar-refractivity contribution in [1.82, 2.24) is 19.7 Å². The maximum Gasteiger partial charge on any atom is 0.222 e. The van der Waals surface area contributed by atoms with E-state index in [1.807, 2.05) is 10.9 Å². The monoisotopic (exact) mass is 342 g/mol. The Morgan fingerprint density at radius 2 is 1.84 bits per heavy atom. The minimum absolute atomic E-state index is 0.290. The number of carbonyl (C=O) groups is 1. The highest BCUT2D eigenvalue weighted by Gasteiger charge is 2.18. The van der Waals surface area contributed by atoms with Crippen molar-refractivity contribution in [3.63, 3.8) is 0 Å². The van der Waals surface area contributed by atoms with E-state index in [-0.39, 0.29) is 0 Å².